The average Bonchev–Trinajstić information content (AvgIpc) is 3.33. The minimum atomic E-state index is -1.05. The molecular weight excluding hydrogens is 388 g/mol. The molecule has 7 heteroatoms. The molecule has 0 aliphatic heterocycles. The van der Waals surface area contributed by atoms with Crippen molar-refractivity contribution in [3.63, 3.8) is 0 Å². The standard InChI is InChI=1S/C22H18N2O4S/c25-21(26)20-24-14(13-29-20)6-5-11-23-22(27)28-12-19-17-9-3-1-7-15(17)16-8-2-4-10-18(16)19/h1-10,13,19H,11-12H2,(H,23,27)(H,25,26). The van der Waals surface area contributed by atoms with Gasteiger partial charge < -0.3 is 15.2 Å². The molecule has 2 aromatic carbocycles. The summed E-state index contributed by atoms with van der Waals surface area (Å²) in [6, 6.07) is 16.3. The lowest BCUT2D eigenvalue weighted by Gasteiger charge is -2.14. The Morgan fingerprint density at radius 1 is 1.10 bits per heavy atom. The van der Waals surface area contributed by atoms with Crippen molar-refractivity contribution in [3.05, 3.63) is 81.8 Å². The summed E-state index contributed by atoms with van der Waals surface area (Å²) in [7, 11) is 0. The maximum absolute atomic E-state index is 12.1. The summed E-state index contributed by atoms with van der Waals surface area (Å²) < 4.78 is 5.45. The van der Waals surface area contributed by atoms with E-state index in [4.69, 9.17) is 9.84 Å². The van der Waals surface area contributed by atoms with Crippen LogP contribution in [0, 0.1) is 0 Å². The van der Waals surface area contributed by atoms with Gasteiger partial charge >= 0.3 is 12.1 Å². The van der Waals surface area contributed by atoms with Crippen LogP contribution in [0.5, 0.6) is 0 Å². The molecule has 0 spiro atoms. The van der Waals surface area contributed by atoms with E-state index < -0.39 is 12.1 Å². The molecule has 0 radical (unpaired) electrons. The van der Waals surface area contributed by atoms with Crippen LogP contribution in [0.3, 0.4) is 0 Å². The normalized spacial score (nSPS) is 12.6. The van der Waals surface area contributed by atoms with Crippen molar-refractivity contribution < 1.29 is 19.4 Å². The molecule has 1 heterocycles. The molecule has 1 aliphatic rings. The van der Waals surface area contributed by atoms with E-state index in [-0.39, 0.29) is 24.1 Å². The number of carboxylic acids is 1. The number of aromatic nitrogens is 1. The van der Waals surface area contributed by atoms with E-state index in [2.05, 4.69) is 34.6 Å². The molecule has 0 bridgehead atoms. The number of fused-ring (bicyclic) bond motifs is 3. The van der Waals surface area contributed by atoms with Crippen LogP contribution in [0.1, 0.15) is 32.5 Å². The van der Waals surface area contributed by atoms with Gasteiger partial charge in [0.25, 0.3) is 0 Å². The highest BCUT2D eigenvalue weighted by molar-refractivity contribution is 7.11. The predicted octanol–water partition coefficient (Wildman–Crippen LogP) is 4.39. The van der Waals surface area contributed by atoms with Gasteiger partial charge in [0.1, 0.15) is 6.61 Å². The lowest BCUT2D eigenvalue weighted by molar-refractivity contribution is 0.0696. The Morgan fingerprint density at radius 3 is 2.38 bits per heavy atom. The van der Waals surface area contributed by atoms with Crippen LogP contribution in [-0.4, -0.2) is 35.3 Å². The van der Waals surface area contributed by atoms with Crippen molar-refractivity contribution in [2.24, 2.45) is 0 Å². The highest BCUT2D eigenvalue weighted by atomic mass is 32.1. The third kappa shape index (κ3) is 4.05. The van der Waals surface area contributed by atoms with Crippen LogP contribution in [-0.2, 0) is 4.74 Å². The molecule has 1 aliphatic carbocycles. The number of ether oxygens (including phenoxy) is 1. The molecule has 0 fully saturated rings. The number of nitrogens with one attached hydrogen (secondary N) is 1. The van der Waals surface area contributed by atoms with Crippen LogP contribution >= 0.6 is 11.3 Å². The molecule has 3 aromatic rings. The Kier molecular flexibility index (Phi) is 5.39. The van der Waals surface area contributed by atoms with Crippen molar-refractivity contribution in [1.29, 1.82) is 0 Å². The van der Waals surface area contributed by atoms with E-state index in [1.807, 2.05) is 24.3 Å². The smallest absolute Gasteiger partial charge is 0.407 e. The highest BCUT2D eigenvalue weighted by Crippen LogP contribution is 2.44. The average molecular weight is 406 g/mol. The maximum atomic E-state index is 12.1. The summed E-state index contributed by atoms with van der Waals surface area (Å²) in [6.07, 6.45) is 2.86. The highest BCUT2D eigenvalue weighted by Gasteiger charge is 2.28. The van der Waals surface area contributed by atoms with Gasteiger partial charge in [-0.15, -0.1) is 11.3 Å². The second-order valence-electron chi connectivity index (χ2n) is 6.49. The van der Waals surface area contributed by atoms with Gasteiger partial charge in [0, 0.05) is 17.8 Å². The van der Waals surface area contributed by atoms with Crippen molar-refractivity contribution in [1.82, 2.24) is 10.3 Å². The summed E-state index contributed by atoms with van der Waals surface area (Å²) in [5.41, 5.74) is 5.24. The number of alkyl carbamates (subject to hydrolysis) is 1. The van der Waals surface area contributed by atoms with Crippen LogP contribution in [0.25, 0.3) is 17.2 Å². The monoisotopic (exact) mass is 406 g/mol. The molecule has 1 aromatic heterocycles. The number of rotatable bonds is 6. The van der Waals surface area contributed by atoms with E-state index in [0.29, 0.717) is 5.69 Å². The van der Waals surface area contributed by atoms with Crippen LogP contribution in [0.2, 0.25) is 0 Å². The molecule has 1 amide bonds. The number of carbonyl (C=O) groups is 2. The Labute approximate surface area is 171 Å². The first-order valence-electron chi connectivity index (χ1n) is 9.07. The van der Waals surface area contributed by atoms with Gasteiger partial charge in [-0.2, -0.15) is 0 Å². The van der Waals surface area contributed by atoms with E-state index >= 15 is 0 Å². The third-order valence-electron chi connectivity index (χ3n) is 4.70. The topological polar surface area (TPSA) is 88.5 Å². The number of hydrogen-bond donors (Lipinski definition) is 2. The zero-order chi connectivity index (χ0) is 20.2. The van der Waals surface area contributed by atoms with Gasteiger partial charge in [-0.25, -0.2) is 14.6 Å². The fraction of sp³-hybridized carbons (Fsp3) is 0.136. The molecule has 29 heavy (non-hydrogen) atoms. The summed E-state index contributed by atoms with van der Waals surface area (Å²) in [4.78, 5) is 26.8. The van der Waals surface area contributed by atoms with Gasteiger partial charge in [-0.3, -0.25) is 0 Å². The minimum absolute atomic E-state index is 0.0214. The SMILES string of the molecule is O=C(NCC=Cc1csc(C(=O)O)n1)OCC1c2ccccc2-c2ccccc21. The summed E-state index contributed by atoms with van der Waals surface area (Å²) >= 11 is 1.06. The first kappa shape index (κ1) is 18.9. The lowest BCUT2D eigenvalue weighted by atomic mass is 9.98. The second kappa shape index (κ2) is 8.28. The molecule has 2 N–H and O–H groups in total. The van der Waals surface area contributed by atoms with Gasteiger partial charge in [-0.05, 0) is 28.3 Å². The molecule has 0 saturated carbocycles. The first-order chi connectivity index (χ1) is 14.1. The number of hydrogen-bond acceptors (Lipinski definition) is 5. The van der Waals surface area contributed by atoms with Crippen molar-refractivity contribution in [2.75, 3.05) is 13.2 Å². The van der Waals surface area contributed by atoms with Gasteiger partial charge in [-0.1, -0.05) is 54.6 Å². The Bertz CT molecular complexity index is 1040. The zero-order valence-electron chi connectivity index (χ0n) is 15.4. The number of carbonyl (C=O) groups excluding carboxylic acids is 1. The van der Waals surface area contributed by atoms with E-state index in [1.165, 1.54) is 22.3 Å². The fourth-order valence-electron chi connectivity index (χ4n) is 3.43. The van der Waals surface area contributed by atoms with Crippen LogP contribution < -0.4 is 5.32 Å². The third-order valence-corrected chi connectivity index (χ3v) is 5.55. The second-order valence-corrected chi connectivity index (χ2v) is 7.35. The van der Waals surface area contributed by atoms with Crippen LogP contribution in [0.4, 0.5) is 4.79 Å². The maximum Gasteiger partial charge on any atom is 0.407 e. The fourth-order valence-corrected chi connectivity index (χ4v) is 4.05. The van der Waals surface area contributed by atoms with E-state index in [9.17, 15) is 9.59 Å². The van der Waals surface area contributed by atoms with E-state index in [0.717, 1.165) is 11.3 Å². The molecule has 0 atom stereocenters. The number of nitrogens with zero attached hydrogens (tertiary/aromatic N) is 1. The molecular formula is C22H18N2O4S. The van der Waals surface area contributed by atoms with Crippen molar-refractivity contribution >= 4 is 29.5 Å². The van der Waals surface area contributed by atoms with E-state index in [1.54, 1.807) is 17.5 Å². The zero-order valence-corrected chi connectivity index (χ0v) is 16.2. The molecule has 146 valence electrons. The quantitative estimate of drug-likeness (QED) is 0.634. The Balaban J connectivity index is 1.32. The minimum Gasteiger partial charge on any atom is -0.476 e. The predicted molar refractivity (Wildman–Crippen MR) is 111 cm³/mol. The first-order valence-corrected chi connectivity index (χ1v) is 9.95. The summed E-state index contributed by atoms with van der Waals surface area (Å²) in [6.45, 7) is 0.522. The van der Waals surface area contributed by atoms with Gasteiger partial charge in [0.15, 0.2) is 0 Å². The summed E-state index contributed by atoms with van der Waals surface area (Å²) in [5, 5.41) is 13.2. The Morgan fingerprint density at radius 2 is 1.76 bits per heavy atom. The number of aromatic carboxylic acids is 1. The largest absolute Gasteiger partial charge is 0.476 e. The van der Waals surface area contributed by atoms with Gasteiger partial charge in [0.05, 0.1) is 5.69 Å². The molecule has 0 unspecified atom stereocenters. The number of amides is 1. The van der Waals surface area contributed by atoms with Crippen molar-refractivity contribution in [3.8, 4) is 11.1 Å². The molecule has 6 nitrogen and oxygen atoms in total. The van der Waals surface area contributed by atoms with Crippen molar-refractivity contribution in [2.45, 2.75) is 5.92 Å². The molecule has 4 rings (SSSR count). The van der Waals surface area contributed by atoms with Gasteiger partial charge in [0.2, 0.25) is 5.01 Å². The lowest BCUT2D eigenvalue weighted by Crippen LogP contribution is -2.26. The number of thiazole rings is 1. The number of carboxylic acid groups (broad SMARTS) is 1. The summed E-state index contributed by atoms with van der Waals surface area (Å²) in [5.74, 6) is -1.03. The number of benzene rings is 2. The van der Waals surface area contributed by atoms with Crippen LogP contribution in [0.15, 0.2) is 60.0 Å². The molecule has 0 saturated heterocycles. The Hall–Kier alpha value is -3.45.